The van der Waals surface area contributed by atoms with Crippen molar-refractivity contribution >= 4 is 46.5 Å². The third-order valence-corrected chi connectivity index (χ3v) is 5.35. The van der Waals surface area contributed by atoms with Gasteiger partial charge in [-0.05, 0) is 42.7 Å². The number of Topliss-reactive ketones (excluding diaryl/α,β-unsaturated/α-hetero) is 1. The first kappa shape index (κ1) is 22.6. The molecule has 0 atom stereocenters. The number of amides is 1. The van der Waals surface area contributed by atoms with Crippen LogP contribution in [0.25, 0.3) is 0 Å². The van der Waals surface area contributed by atoms with Gasteiger partial charge in [0.1, 0.15) is 0 Å². The second-order valence-electron chi connectivity index (χ2n) is 6.92. The number of ketones is 1. The van der Waals surface area contributed by atoms with Crippen LogP contribution < -0.4 is 5.32 Å². The van der Waals surface area contributed by atoms with Crippen LogP contribution in [0.2, 0.25) is 10.0 Å². The first-order valence-electron chi connectivity index (χ1n) is 9.58. The summed E-state index contributed by atoms with van der Waals surface area (Å²) in [5.74, 6) is -1.77. The molecule has 1 aliphatic heterocycles. The quantitative estimate of drug-likeness (QED) is 0.558. The van der Waals surface area contributed by atoms with Gasteiger partial charge < -0.3 is 15.3 Å². The minimum absolute atomic E-state index is 0.0133. The molecule has 0 fully saturated rings. The molecular weight excluding hydrogens is 439 g/mol. The van der Waals surface area contributed by atoms with E-state index in [1.54, 1.807) is 47.6 Å². The van der Waals surface area contributed by atoms with Crippen LogP contribution in [0.4, 0.5) is 5.69 Å². The van der Waals surface area contributed by atoms with Crippen molar-refractivity contribution in [3.05, 3.63) is 87.2 Å². The van der Waals surface area contributed by atoms with E-state index in [9.17, 15) is 19.5 Å². The number of benzene rings is 2. The Morgan fingerprint density at radius 2 is 1.90 bits per heavy atom. The molecule has 0 spiro atoms. The SMILES string of the molecule is CCc1cccc(C(=O)O)c1NC(=O)C1=CN(CC(=O)c2ccc(Cl)cc2Cl)C=CC1. The van der Waals surface area contributed by atoms with Crippen LogP contribution in [-0.4, -0.2) is 34.2 Å². The van der Waals surface area contributed by atoms with Crippen LogP contribution in [0, 0.1) is 0 Å². The van der Waals surface area contributed by atoms with Gasteiger partial charge in [0.25, 0.3) is 5.91 Å². The third kappa shape index (κ3) is 5.34. The predicted molar refractivity (Wildman–Crippen MR) is 121 cm³/mol. The summed E-state index contributed by atoms with van der Waals surface area (Å²) < 4.78 is 0. The van der Waals surface area contributed by atoms with E-state index in [0.29, 0.717) is 29.0 Å². The van der Waals surface area contributed by atoms with Crippen LogP contribution in [0.1, 0.15) is 39.6 Å². The smallest absolute Gasteiger partial charge is 0.337 e. The highest BCUT2D eigenvalue weighted by Gasteiger charge is 2.20. The number of hydrogen-bond acceptors (Lipinski definition) is 4. The van der Waals surface area contributed by atoms with Gasteiger partial charge in [0.2, 0.25) is 0 Å². The number of carbonyl (C=O) groups excluding carboxylic acids is 2. The fourth-order valence-corrected chi connectivity index (χ4v) is 3.76. The lowest BCUT2D eigenvalue weighted by Gasteiger charge is -2.21. The molecule has 6 nitrogen and oxygen atoms in total. The summed E-state index contributed by atoms with van der Waals surface area (Å²) in [7, 11) is 0. The zero-order chi connectivity index (χ0) is 22.5. The monoisotopic (exact) mass is 458 g/mol. The van der Waals surface area contributed by atoms with Crippen molar-refractivity contribution in [1.29, 1.82) is 0 Å². The highest BCUT2D eigenvalue weighted by atomic mass is 35.5. The second-order valence-corrected chi connectivity index (χ2v) is 7.76. The molecule has 1 aliphatic rings. The van der Waals surface area contributed by atoms with Gasteiger partial charge in [-0.3, -0.25) is 9.59 Å². The average molecular weight is 459 g/mol. The molecule has 1 heterocycles. The summed E-state index contributed by atoms with van der Waals surface area (Å²) in [5, 5.41) is 12.9. The summed E-state index contributed by atoms with van der Waals surface area (Å²) in [4.78, 5) is 38.6. The van der Waals surface area contributed by atoms with Crippen LogP contribution in [0.3, 0.4) is 0 Å². The summed E-state index contributed by atoms with van der Waals surface area (Å²) in [6.45, 7) is 1.87. The number of carboxylic acids is 1. The first-order valence-corrected chi connectivity index (χ1v) is 10.3. The zero-order valence-corrected chi connectivity index (χ0v) is 18.2. The van der Waals surface area contributed by atoms with E-state index in [4.69, 9.17) is 23.2 Å². The van der Waals surface area contributed by atoms with Crippen molar-refractivity contribution in [2.45, 2.75) is 19.8 Å². The Labute approximate surface area is 189 Å². The van der Waals surface area contributed by atoms with Gasteiger partial charge in [-0.2, -0.15) is 0 Å². The maximum atomic E-state index is 12.8. The van der Waals surface area contributed by atoms with Crippen molar-refractivity contribution < 1.29 is 19.5 Å². The van der Waals surface area contributed by atoms with Gasteiger partial charge in [0, 0.05) is 28.6 Å². The third-order valence-electron chi connectivity index (χ3n) is 4.81. The summed E-state index contributed by atoms with van der Waals surface area (Å²) in [6.07, 6.45) is 5.97. The van der Waals surface area contributed by atoms with Crippen molar-refractivity contribution in [3.8, 4) is 0 Å². The van der Waals surface area contributed by atoms with Gasteiger partial charge in [0.05, 0.1) is 22.8 Å². The zero-order valence-electron chi connectivity index (χ0n) is 16.7. The molecule has 3 rings (SSSR count). The Bertz CT molecular complexity index is 1110. The largest absolute Gasteiger partial charge is 0.478 e. The second kappa shape index (κ2) is 9.81. The van der Waals surface area contributed by atoms with Gasteiger partial charge in [0.15, 0.2) is 5.78 Å². The van der Waals surface area contributed by atoms with Gasteiger partial charge in [-0.1, -0.05) is 48.3 Å². The molecule has 0 unspecified atom stereocenters. The van der Waals surface area contributed by atoms with Gasteiger partial charge in [-0.15, -0.1) is 0 Å². The topological polar surface area (TPSA) is 86.7 Å². The fourth-order valence-electron chi connectivity index (χ4n) is 3.24. The van der Waals surface area contributed by atoms with E-state index < -0.39 is 11.9 Å². The number of aryl methyl sites for hydroxylation is 1. The van der Waals surface area contributed by atoms with Crippen molar-refractivity contribution in [2.24, 2.45) is 0 Å². The number of aromatic carboxylic acids is 1. The lowest BCUT2D eigenvalue weighted by molar-refractivity contribution is -0.113. The van der Waals surface area contributed by atoms with E-state index in [0.717, 1.165) is 5.56 Å². The number of nitrogens with one attached hydrogen (secondary N) is 1. The maximum absolute atomic E-state index is 12.8. The Kier molecular flexibility index (Phi) is 7.15. The number of carbonyl (C=O) groups is 3. The summed E-state index contributed by atoms with van der Waals surface area (Å²) in [6, 6.07) is 9.53. The van der Waals surface area contributed by atoms with Gasteiger partial charge >= 0.3 is 5.97 Å². The summed E-state index contributed by atoms with van der Waals surface area (Å²) >= 11 is 12.0. The molecule has 0 radical (unpaired) electrons. The number of anilines is 1. The van der Waals surface area contributed by atoms with Gasteiger partial charge in [-0.25, -0.2) is 4.79 Å². The summed E-state index contributed by atoms with van der Waals surface area (Å²) in [5.41, 5.74) is 1.79. The Balaban J connectivity index is 1.77. The van der Waals surface area contributed by atoms with Crippen molar-refractivity contribution in [1.82, 2.24) is 4.90 Å². The molecule has 0 aliphatic carbocycles. The Hall–Kier alpha value is -3.09. The number of halogens is 2. The van der Waals surface area contributed by atoms with Crippen LogP contribution in [0.15, 0.2) is 60.4 Å². The number of allylic oxidation sites excluding steroid dienone is 1. The number of nitrogens with zero attached hydrogens (tertiary/aromatic N) is 1. The predicted octanol–water partition coefficient (Wildman–Crippen LogP) is 5.18. The molecular formula is C23H20Cl2N2O4. The molecule has 0 saturated carbocycles. The Morgan fingerprint density at radius 1 is 1.13 bits per heavy atom. The number of rotatable bonds is 7. The van der Waals surface area contributed by atoms with Crippen molar-refractivity contribution in [3.63, 3.8) is 0 Å². The molecule has 31 heavy (non-hydrogen) atoms. The molecule has 160 valence electrons. The molecule has 0 bridgehead atoms. The van der Waals surface area contributed by atoms with Crippen LogP contribution in [0.5, 0.6) is 0 Å². The fraction of sp³-hybridized carbons (Fsp3) is 0.174. The van der Waals surface area contributed by atoms with E-state index in [1.807, 2.05) is 6.92 Å². The van der Waals surface area contributed by atoms with E-state index >= 15 is 0 Å². The van der Waals surface area contributed by atoms with Crippen LogP contribution in [-0.2, 0) is 11.2 Å². The number of hydrogen-bond donors (Lipinski definition) is 2. The molecule has 2 aromatic carbocycles. The molecule has 0 saturated heterocycles. The minimum Gasteiger partial charge on any atom is -0.478 e. The van der Waals surface area contributed by atoms with Crippen LogP contribution >= 0.6 is 23.2 Å². The molecule has 8 heteroatoms. The van der Waals surface area contributed by atoms with Crippen molar-refractivity contribution in [2.75, 3.05) is 11.9 Å². The van der Waals surface area contributed by atoms with E-state index in [2.05, 4.69) is 5.32 Å². The standard InChI is InChI=1S/C23H20Cl2N2O4/c1-2-14-5-3-7-18(23(30)31)21(14)26-22(29)15-6-4-10-27(12-15)13-20(28)17-9-8-16(24)11-19(17)25/h3-5,7-12H,2,6,13H2,1H3,(H,26,29)(H,30,31). The molecule has 2 N–H and O–H groups in total. The molecule has 2 aromatic rings. The highest BCUT2D eigenvalue weighted by molar-refractivity contribution is 6.36. The maximum Gasteiger partial charge on any atom is 0.337 e. The molecule has 0 aromatic heterocycles. The first-order chi connectivity index (χ1) is 14.8. The lowest BCUT2D eigenvalue weighted by atomic mass is 10.0. The Morgan fingerprint density at radius 3 is 2.58 bits per heavy atom. The number of carboxylic acid groups (broad SMARTS) is 1. The average Bonchev–Trinajstić information content (AvgIpc) is 2.73. The van der Waals surface area contributed by atoms with E-state index in [1.165, 1.54) is 12.1 Å². The minimum atomic E-state index is -1.12. The molecule has 1 amide bonds. The van der Waals surface area contributed by atoms with E-state index in [-0.39, 0.29) is 28.6 Å². The lowest BCUT2D eigenvalue weighted by Crippen LogP contribution is -2.26. The number of para-hydroxylation sites is 1. The normalized spacial score (nSPS) is 13.0. The highest BCUT2D eigenvalue weighted by Crippen LogP contribution is 2.25.